The number of nitrogens with zero attached hydrogens (tertiary/aromatic N) is 1. The lowest BCUT2D eigenvalue weighted by Gasteiger charge is -2.04. The van der Waals surface area contributed by atoms with Crippen LogP contribution in [0.2, 0.25) is 0 Å². The Morgan fingerprint density at radius 3 is 2.53 bits per heavy atom. The van der Waals surface area contributed by atoms with Crippen LogP contribution in [0.5, 0.6) is 0 Å². The summed E-state index contributed by atoms with van der Waals surface area (Å²) in [5.74, 6) is -0.443. The summed E-state index contributed by atoms with van der Waals surface area (Å²) >= 11 is 0.956. The second-order valence-corrected chi connectivity index (χ2v) is 4.72. The van der Waals surface area contributed by atoms with Crippen molar-refractivity contribution in [1.29, 1.82) is 0 Å². The SMILES string of the molecule is O=Cc1ccc(Sc2ccccc2F)c([N+](=O)[O-])c1. The molecular formula is C13H8FNO3S. The van der Waals surface area contributed by atoms with E-state index in [2.05, 4.69) is 0 Å². The molecule has 19 heavy (non-hydrogen) atoms. The molecular weight excluding hydrogens is 269 g/mol. The number of benzene rings is 2. The Kier molecular flexibility index (Phi) is 3.91. The monoisotopic (exact) mass is 277 g/mol. The average Bonchev–Trinajstić information content (AvgIpc) is 2.41. The Morgan fingerprint density at radius 1 is 1.16 bits per heavy atom. The van der Waals surface area contributed by atoms with Crippen LogP contribution in [-0.4, -0.2) is 11.2 Å². The maximum Gasteiger partial charge on any atom is 0.283 e. The van der Waals surface area contributed by atoms with Crippen LogP contribution in [0.1, 0.15) is 10.4 Å². The quantitative estimate of drug-likeness (QED) is 0.485. The molecule has 0 N–H and O–H groups in total. The van der Waals surface area contributed by atoms with Gasteiger partial charge in [0.15, 0.2) is 0 Å². The zero-order valence-corrected chi connectivity index (χ0v) is 10.4. The standard InChI is InChI=1S/C13H8FNO3S/c14-10-3-1-2-4-12(10)19-13-6-5-9(8-16)7-11(13)15(17)18/h1-8H. The Bertz CT molecular complexity index is 646. The fourth-order valence-corrected chi connectivity index (χ4v) is 2.41. The maximum absolute atomic E-state index is 13.5. The normalized spacial score (nSPS) is 10.2. The molecule has 0 aromatic heterocycles. The predicted molar refractivity (Wildman–Crippen MR) is 69.0 cm³/mol. The molecule has 0 atom stereocenters. The minimum absolute atomic E-state index is 0.210. The van der Waals surface area contributed by atoms with Crippen molar-refractivity contribution >= 4 is 23.7 Å². The van der Waals surface area contributed by atoms with Gasteiger partial charge in [0.05, 0.1) is 9.82 Å². The number of carbonyl (C=O) groups is 1. The van der Waals surface area contributed by atoms with Crippen LogP contribution in [0.25, 0.3) is 0 Å². The number of hydrogen-bond donors (Lipinski definition) is 0. The highest BCUT2D eigenvalue weighted by Crippen LogP contribution is 2.36. The molecule has 0 fully saturated rings. The minimum Gasteiger partial charge on any atom is -0.298 e. The number of hydrogen-bond acceptors (Lipinski definition) is 4. The van der Waals surface area contributed by atoms with E-state index in [0.29, 0.717) is 16.1 Å². The van der Waals surface area contributed by atoms with Crippen LogP contribution in [0.4, 0.5) is 10.1 Å². The molecule has 0 spiro atoms. The zero-order valence-electron chi connectivity index (χ0n) is 9.58. The molecule has 0 saturated heterocycles. The van der Waals surface area contributed by atoms with E-state index in [0.717, 1.165) is 11.8 Å². The van der Waals surface area contributed by atoms with Gasteiger partial charge in [0.2, 0.25) is 0 Å². The molecule has 2 aromatic carbocycles. The van der Waals surface area contributed by atoms with Crippen LogP contribution in [0.15, 0.2) is 52.3 Å². The lowest BCUT2D eigenvalue weighted by molar-refractivity contribution is -0.387. The number of halogens is 1. The first-order valence-corrected chi connectivity index (χ1v) is 6.09. The van der Waals surface area contributed by atoms with E-state index in [-0.39, 0.29) is 11.3 Å². The summed E-state index contributed by atoms with van der Waals surface area (Å²) in [5, 5.41) is 10.9. The minimum atomic E-state index is -0.587. The molecule has 0 aliphatic heterocycles. The summed E-state index contributed by atoms with van der Waals surface area (Å²) in [4.78, 5) is 21.6. The summed E-state index contributed by atoms with van der Waals surface area (Å²) in [6.07, 6.45) is 0.532. The average molecular weight is 277 g/mol. The third-order valence-corrected chi connectivity index (χ3v) is 3.49. The van der Waals surface area contributed by atoms with Gasteiger partial charge in [0.1, 0.15) is 12.1 Å². The van der Waals surface area contributed by atoms with Crippen LogP contribution in [0, 0.1) is 15.9 Å². The number of nitro benzene ring substituents is 1. The van der Waals surface area contributed by atoms with Gasteiger partial charge in [-0.2, -0.15) is 0 Å². The Morgan fingerprint density at radius 2 is 1.89 bits per heavy atom. The van der Waals surface area contributed by atoms with Gasteiger partial charge < -0.3 is 0 Å². The first kappa shape index (κ1) is 13.2. The lowest BCUT2D eigenvalue weighted by atomic mass is 10.2. The first-order chi connectivity index (χ1) is 9.11. The van der Waals surface area contributed by atoms with Crippen molar-refractivity contribution < 1.29 is 14.1 Å². The van der Waals surface area contributed by atoms with Crippen molar-refractivity contribution in [1.82, 2.24) is 0 Å². The van der Waals surface area contributed by atoms with Crippen molar-refractivity contribution in [2.75, 3.05) is 0 Å². The molecule has 0 heterocycles. The molecule has 0 saturated carbocycles. The van der Waals surface area contributed by atoms with Crippen molar-refractivity contribution in [3.05, 3.63) is 64.0 Å². The van der Waals surface area contributed by atoms with Crippen LogP contribution >= 0.6 is 11.8 Å². The summed E-state index contributed by atoms with van der Waals surface area (Å²) in [5.41, 5.74) is 0.00226. The zero-order chi connectivity index (χ0) is 13.8. The van der Waals surface area contributed by atoms with Gasteiger partial charge in [0, 0.05) is 16.5 Å². The van der Waals surface area contributed by atoms with Gasteiger partial charge >= 0.3 is 0 Å². The van der Waals surface area contributed by atoms with Crippen molar-refractivity contribution in [3.63, 3.8) is 0 Å². The van der Waals surface area contributed by atoms with E-state index >= 15 is 0 Å². The Labute approximate surface area is 112 Å². The summed E-state index contributed by atoms with van der Waals surface area (Å²) in [6.45, 7) is 0. The molecule has 6 heteroatoms. The highest BCUT2D eigenvalue weighted by atomic mass is 32.2. The molecule has 0 unspecified atom stereocenters. The molecule has 2 aromatic rings. The van der Waals surface area contributed by atoms with Gasteiger partial charge in [-0.1, -0.05) is 30.0 Å². The molecule has 2 rings (SSSR count). The highest BCUT2D eigenvalue weighted by Gasteiger charge is 2.16. The third kappa shape index (κ3) is 2.97. The fraction of sp³-hybridized carbons (Fsp3) is 0. The summed E-state index contributed by atoms with van der Waals surface area (Å²) in [7, 11) is 0. The van der Waals surface area contributed by atoms with E-state index in [1.165, 1.54) is 30.3 Å². The predicted octanol–water partition coefficient (Wildman–Crippen LogP) is 3.70. The van der Waals surface area contributed by atoms with Crippen LogP contribution in [-0.2, 0) is 0 Å². The second kappa shape index (κ2) is 5.62. The highest BCUT2D eigenvalue weighted by molar-refractivity contribution is 7.99. The van der Waals surface area contributed by atoms with Gasteiger partial charge in [-0.25, -0.2) is 4.39 Å². The molecule has 0 radical (unpaired) electrons. The largest absolute Gasteiger partial charge is 0.298 e. The molecule has 4 nitrogen and oxygen atoms in total. The van der Waals surface area contributed by atoms with Crippen molar-refractivity contribution in [2.45, 2.75) is 9.79 Å². The number of aldehydes is 1. The summed E-state index contributed by atoms with van der Waals surface area (Å²) < 4.78 is 13.5. The molecule has 0 aliphatic rings. The van der Waals surface area contributed by atoms with Crippen LogP contribution in [0.3, 0.4) is 0 Å². The second-order valence-electron chi connectivity index (χ2n) is 3.63. The Hall–Kier alpha value is -2.21. The summed E-state index contributed by atoms with van der Waals surface area (Å²) in [6, 6.07) is 10.1. The van der Waals surface area contributed by atoms with Gasteiger partial charge in [-0.15, -0.1) is 0 Å². The molecule has 0 amide bonds. The van der Waals surface area contributed by atoms with Crippen molar-refractivity contribution in [2.24, 2.45) is 0 Å². The molecule has 0 aliphatic carbocycles. The van der Waals surface area contributed by atoms with E-state index in [1.54, 1.807) is 12.1 Å². The van der Waals surface area contributed by atoms with Gasteiger partial charge in [-0.3, -0.25) is 14.9 Å². The Balaban J connectivity index is 2.43. The maximum atomic E-state index is 13.5. The smallest absolute Gasteiger partial charge is 0.283 e. The number of rotatable bonds is 4. The van der Waals surface area contributed by atoms with E-state index in [4.69, 9.17) is 0 Å². The molecule has 96 valence electrons. The number of carbonyl (C=O) groups excluding carboxylic acids is 1. The molecule has 0 bridgehead atoms. The van der Waals surface area contributed by atoms with Crippen LogP contribution < -0.4 is 0 Å². The lowest BCUT2D eigenvalue weighted by Crippen LogP contribution is -1.93. The third-order valence-electron chi connectivity index (χ3n) is 2.37. The van der Waals surface area contributed by atoms with E-state index < -0.39 is 10.7 Å². The van der Waals surface area contributed by atoms with Gasteiger partial charge in [-0.05, 0) is 18.2 Å². The van der Waals surface area contributed by atoms with E-state index in [9.17, 15) is 19.3 Å². The van der Waals surface area contributed by atoms with Gasteiger partial charge in [0.25, 0.3) is 5.69 Å². The van der Waals surface area contributed by atoms with Crippen molar-refractivity contribution in [3.8, 4) is 0 Å². The topological polar surface area (TPSA) is 60.2 Å². The number of nitro groups is 1. The van der Waals surface area contributed by atoms with E-state index in [1.807, 2.05) is 0 Å². The fourth-order valence-electron chi connectivity index (χ4n) is 1.48. The first-order valence-electron chi connectivity index (χ1n) is 5.28.